The van der Waals surface area contributed by atoms with Crippen molar-refractivity contribution < 1.29 is 19.1 Å². The van der Waals surface area contributed by atoms with E-state index in [4.69, 9.17) is 9.47 Å². The first-order valence-electron chi connectivity index (χ1n) is 7.91. The Morgan fingerprint density at radius 2 is 1.92 bits per heavy atom. The van der Waals surface area contributed by atoms with Crippen molar-refractivity contribution in [3.8, 4) is 5.75 Å². The van der Waals surface area contributed by atoms with Gasteiger partial charge in [-0.3, -0.25) is 9.59 Å². The molecule has 1 saturated heterocycles. The van der Waals surface area contributed by atoms with Gasteiger partial charge in [0.25, 0.3) is 5.91 Å². The minimum absolute atomic E-state index is 0.165. The molecular formula is C19H16BrNO4. The van der Waals surface area contributed by atoms with Gasteiger partial charge < -0.3 is 14.4 Å². The molecule has 6 heteroatoms. The smallest absolute Gasteiger partial charge is 0.308 e. The Bertz CT molecular complexity index is 879. The highest BCUT2D eigenvalue weighted by Crippen LogP contribution is 2.55. The predicted octanol–water partition coefficient (Wildman–Crippen LogP) is 3.36. The van der Waals surface area contributed by atoms with Crippen molar-refractivity contribution in [2.45, 2.75) is 17.9 Å². The zero-order chi connectivity index (χ0) is 17.8. The third-order valence-corrected chi connectivity index (χ3v) is 5.49. The topological polar surface area (TPSA) is 55.8 Å². The van der Waals surface area contributed by atoms with Crippen LogP contribution in [0.4, 0.5) is 5.69 Å². The van der Waals surface area contributed by atoms with Crippen LogP contribution in [0.3, 0.4) is 0 Å². The normalized spacial score (nSPS) is 24.6. The molecule has 25 heavy (non-hydrogen) atoms. The molecule has 1 fully saturated rings. The molecule has 2 aromatic rings. The van der Waals surface area contributed by atoms with E-state index in [0.29, 0.717) is 0 Å². The average molecular weight is 402 g/mol. The van der Waals surface area contributed by atoms with Gasteiger partial charge in [0.1, 0.15) is 5.75 Å². The summed E-state index contributed by atoms with van der Waals surface area (Å²) in [6, 6.07) is 13.0. The number of ether oxygens (including phenoxy) is 2. The minimum atomic E-state index is -1.31. The molecule has 2 aliphatic rings. The Labute approximate surface area is 153 Å². The molecule has 0 N–H and O–H groups in total. The molecule has 1 spiro atoms. The Morgan fingerprint density at radius 3 is 2.60 bits per heavy atom. The van der Waals surface area contributed by atoms with E-state index < -0.39 is 5.60 Å². The van der Waals surface area contributed by atoms with Crippen molar-refractivity contribution in [2.75, 3.05) is 19.1 Å². The zero-order valence-corrected chi connectivity index (χ0v) is 15.4. The van der Waals surface area contributed by atoms with E-state index in [9.17, 15) is 9.59 Å². The standard InChI is InChI=1S/C19H16BrNO4/c1-21-16-8-5-12(20)9-15(16)19(18(21)23)14(10-17(22)25-19)11-3-6-13(24-2)7-4-11/h3-9,14H,10H2,1-2H3/t14-,19+/m1/s1. The van der Waals surface area contributed by atoms with E-state index in [1.807, 2.05) is 42.5 Å². The van der Waals surface area contributed by atoms with E-state index in [2.05, 4.69) is 15.9 Å². The van der Waals surface area contributed by atoms with E-state index in [-0.39, 0.29) is 24.2 Å². The summed E-state index contributed by atoms with van der Waals surface area (Å²) in [6.45, 7) is 0. The molecule has 0 radical (unpaired) electrons. The molecule has 2 heterocycles. The molecular weight excluding hydrogens is 386 g/mol. The maximum atomic E-state index is 13.2. The third kappa shape index (κ3) is 2.20. The monoisotopic (exact) mass is 401 g/mol. The zero-order valence-electron chi connectivity index (χ0n) is 13.8. The summed E-state index contributed by atoms with van der Waals surface area (Å²) < 4.78 is 11.8. The summed E-state index contributed by atoms with van der Waals surface area (Å²) in [7, 11) is 3.31. The Hall–Kier alpha value is -2.34. The number of carbonyl (C=O) groups is 2. The molecule has 5 nitrogen and oxygen atoms in total. The first kappa shape index (κ1) is 16.1. The third-order valence-electron chi connectivity index (χ3n) is 5.00. The number of hydrogen-bond donors (Lipinski definition) is 0. The lowest BCUT2D eigenvalue weighted by Gasteiger charge is -2.28. The first-order valence-corrected chi connectivity index (χ1v) is 8.70. The highest BCUT2D eigenvalue weighted by atomic mass is 79.9. The number of nitrogens with zero attached hydrogens (tertiary/aromatic N) is 1. The lowest BCUT2D eigenvalue weighted by molar-refractivity contribution is -0.157. The summed E-state index contributed by atoms with van der Waals surface area (Å²) in [5, 5.41) is 0. The highest BCUT2D eigenvalue weighted by molar-refractivity contribution is 9.10. The van der Waals surface area contributed by atoms with Crippen molar-refractivity contribution in [1.29, 1.82) is 0 Å². The number of halogens is 1. The van der Waals surface area contributed by atoms with Gasteiger partial charge in [0.15, 0.2) is 0 Å². The van der Waals surface area contributed by atoms with Gasteiger partial charge in [-0.25, -0.2) is 0 Å². The van der Waals surface area contributed by atoms with Crippen LogP contribution in [0, 0.1) is 0 Å². The van der Waals surface area contributed by atoms with Crippen LogP contribution in [0.1, 0.15) is 23.5 Å². The molecule has 0 aliphatic carbocycles. The first-order chi connectivity index (χ1) is 12.0. The lowest BCUT2D eigenvalue weighted by Crippen LogP contribution is -2.42. The number of amides is 1. The number of methoxy groups -OCH3 is 1. The van der Waals surface area contributed by atoms with Crippen molar-refractivity contribution in [1.82, 2.24) is 0 Å². The summed E-state index contributed by atoms with van der Waals surface area (Å²) >= 11 is 3.46. The van der Waals surface area contributed by atoms with Crippen LogP contribution in [-0.2, 0) is 19.9 Å². The molecule has 0 aromatic heterocycles. The molecule has 2 aromatic carbocycles. The van der Waals surface area contributed by atoms with Crippen LogP contribution in [0.2, 0.25) is 0 Å². The van der Waals surface area contributed by atoms with Gasteiger partial charge in [0.2, 0.25) is 5.60 Å². The number of carbonyl (C=O) groups excluding carboxylic acids is 2. The maximum absolute atomic E-state index is 13.2. The van der Waals surface area contributed by atoms with Gasteiger partial charge in [-0.05, 0) is 35.9 Å². The highest BCUT2D eigenvalue weighted by Gasteiger charge is 2.62. The molecule has 2 aliphatic heterocycles. The van der Waals surface area contributed by atoms with Gasteiger partial charge in [-0.15, -0.1) is 0 Å². The van der Waals surface area contributed by atoms with Gasteiger partial charge in [0, 0.05) is 23.0 Å². The molecule has 4 rings (SSSR count). The van der Waals surface area contributed by atoms with E-state index >= 15 is 0 Å². The van der Waals surface area contributed by atoms with E-state index in [1.54, 1.807) is 19.1 Å². The number of benzene rings is 2. The maximum Gasteiger partial charge on any atom is 0.308 e. The number of likely N-dealkylation sites (N-methyl/N-ethyl adjacent to an activating group) is 1. The predicted molar refractivity (Wildman–Crippen MR) is 95.7 cm³/mol. The van der Waals surface area contributed by atoms with Gasteiger partial charge in [0.05, 0.1) is 19.2 Å². The van der Waals surface area contributed by atoms with Crippen molar-refractivity contribution >= 4 is 33.5 Å². The van der Waals surface area contributed by atoms with Crippen LogP contribution in [0.25, 0.3) is 0 Å². The van der Waals surface area contributed by atoms with Crippen molar-refractivity contribution in [3.63, 3.8) is 0 Å². The number of hydrogen-bond acceptors (Lipinski definition) is 4. The SMILES string of the molecule is COc1ccc([C@H]2CC(=O)O[C@@]23C(=O)N(C)c2ccc(Br)cc23)cc1. The van der Waals surface area contributed by atoms with Gasteiger partial charge in [-0.1, -0.05) is 28.1 Å². The fourth-order valence-corrected chi connectivity index (χ4v) is 4.16. The number of esters is 1. The molecule has 2 atom stereocenters. The number of rotatable bonds is 2. The van der Waals surface area contributed by atoms with E-state index in [0.717, 1.165) is 27.0 Å². The number of anilines is 1. The molecule has 1 amide bonds. The van der Waals surface area contributed by atoms with Crippen LogP contribution in [0.5, 0.6) is 5.75 Å². The van der Waals surface area contributed by atoms with Gasteiger partial charge in [-0.2, -0.15) is 0 Å². The van der Waals surface area contributed by atoms with Crippen LogP contribution in [0.15, 0.2) is 46.9 Å². The molecule has 0 unspecified atom stereocenters. The minimum Gasteiger partial charge on any atom is -0.497 e. The second-order valence-electron chi connectivity index (χ2n) is 6.27. The second kappa shape index (κ2) is 5.59. The Morgan fingerprint density at radius 1 is 1.20 bits per heavy atom. The Kier molecular flexibility index (Phi) is 3.61. The average Bonchev–Trinajstić information content (AvgIpc) is 3.07. The lowest BCUT2D eigenvalue weighted by atomic mass is 9.78. The second-order valence-corrected chi connectivity index (χ2v) is 7.18. The molecule has 0 saturated carbocycles. The fraction of sp³-hybridized carbons (Fsp3) is 0.263. The largest absolute Gasteiger partial charge is 0.497 e. The molecule has 128 valence electrons. The number of fused-ring (bicyclic) bond motifs is 2. The Balaban J connectivity index is 1.90. The van der Waals surface area contributed by atoms with Crippen molar-refractivity contribution in [2.24, 2.45) is 0 Å². The van der Waals surface area contributed by atoms with Crippen molar-refractivity contribution in [3.05, 3.63) is 58.1 Å². The van der Waals surface area contributed by atoms with Crippen LogP contribution in [-0.4, -0.2) is 26.0 Å². The summed E-state index contributed by atoms with van der Waals surface area (Å²) in [6.07, 6.45) is 0.165. The molecule has 0 bridgehead atoms. The summed E-state index contributed by atoms with van der Waals surface area (Å²) in [5.74, 6) is -0.236. The van der Waals surface area contributed by atoms with E-state index in [1.165, 1.54) is 0 Å². The fourth-order valence-electron chi connectivity index (χ4n) is 3.80. The quantitative estimate of drug-likeness (QED) is 0.723. The van der Waals surface area contributed by atoms with Crippen LogP contribution < -0.4 is 9.64 Å². The summed E-state index contributed by atoms with van der Waals surface area (Å²) in [5.41, 5.74) is 1.06. The van der Waals surface area contributed by atoms with Gasteiger partial charge >= 0.3 is 5.97 Å². The van der Waals surface area contributed by atoms with Crippen LogP contribution >= 0.6 is 15.9 Å². The summed E-state index contributed by atoms with van der Waals surface area (Å²) in [4.78, 5) is 27.0.